The van der Waals surface area contributed by atoms with Crippen molar-refractivity contribution in [1.29, 1.82) is 0 Å². The van der Waals surface area contributed by atoms with Gasteiger partial charge in [-0.2, -0.15) is 0 Å². The summed E-state index contributed by atoms with van der Waals surface area (Å²) in [5, 5.41) is 6.78. The second-order valence-electron chi connectivity index (χ2n) is 5.37. The molecule has 0 aliphatic heterocycles. The average Bonchev–Trinajstić information content (AvgIpc) is 3.08. The third kappa shape index (κ3) is 6.02. The molecule has 6 heteroatoms. The Morgan fingerprint density at radius 2 is 2.12 bits per heavy atom. The number of benzene rings is 1. The van der Waals surface area contributed by atoms with E-state index in [0.717, 1.165) is 29.2 Å². The second-order valence-corrected chi connectivity index (χ2v) is 6.22. The molecule has 0 radical (unpaired) electrons. The first-order chi connectivity index (χ1) is 11.7. The first-order valence-corrected chi connectivity index (χ1v) is 8.80. The number of halogens is 1. The molecule has 0 fully saturated rings. The van der Waals surface area contributed by atoms with E-state index in [1.54, 1.807) is 13.4 Å². The van der Waals surface area contributed by atoms with Crippen molar-refractivity contribution in [3.05, 3.63) is 58.5 Å². The molecule has 24 heavy (non-hydrogen) atoms. The normalized spacial score (nSPS) is 12.9. The van der Waals surface area contributed by atoms with Gasteiger partial charge in [-0.1, -0.05) is 34.1 Å². The molecular formula is C18H24BrN3O2. The summed E-state index contributed by atoms with van der Waals surface area (Å²) in [4.78, 5) is 4.55. The molecule has 1 aromatic carbocycles. The van der Waals surface area contributed by atoms with E-state index in [0.29, 0.717) is 13.2 Å². The van der Waals surface area contributed by atoms with Crippen LogP contribution in [-0.2, 0) is 11.2 Å². The number of hydrogen-bond acceptors (Lipinski definition) is 3. The van der Waals surface area contributed by atoms with E-state index in [4.69, 9.17) is 9.15 Å². The minimum absolute atomic E-state index is 0.123. The van der Waals surface area contributed by atoms with Crippen LogP contribution in [0.5, 0.6) is 0 Å². The van der Waals surface area contributed by atoms with Gasteiger partial charge in [-0.3, -0.25) is 4.99 Å². The Kier molecular flexibility index (Phi) is 7.85. The fraction of sp³-hybridized carbons (Fsp3) is 0.389. The molecule has 0 aliphatic rings. The van der Waals surface area contributed by atoms with Crippen LogP contribution in [-0.4, -0.2) is 32.8 Å². The SMILES string of the molecule is COCCN=C(NCCc1ccco1)NC(C)c1ccccc1Br. The molecule has 5 nitrogen and oxygen atoms in total. The molecule has 0 saturated carbocycles. The number of nitrogens with one attached hydrogen (secondary N) is 2. The van der Waals surface area contributed by atoms with Crippen molar-refractivity contribution < 1.29 is 9.15 Å². The van der Waals surface area contributed by atoms with Crippen molar-refractivity contribution in [2.45, 2.75) is 19.4 Å². The molecule has 0 bridgehead atoms. The van der Waals surface area contributed by atoms with Gasteiger partial charge in [-0.05, 0) is 30.7 Å². The van der Waals surface area contributed by atoms with Crippen molar-refractivity contribution in [3.8, 4) is 0 Å². The highest BCUT2D eigenvalue weighted by Crippen LogP contribution is 2.22. The van der Waals surface area contributed by atoms with Crippen LogP contribution in [0.25, 0.3) is 0 Å². The third-order valence-electron chi connectivity index (χ3n) is 3.53. The fourth-order valence-corrected chi connectivity index (χ4v) is 2.90. The number of furan rings is 1. The Morgan fingerprint density at radius 3 is 2.83 bits per heavy atom. The largest absolute Gasteiger partial charge is 0.469 e. The Labute approximate surface area is 151 Å². The van der Waals surface area contributed by atoms with Crippen LogP contribution in [0.4, 0.5) is 0 Å². The van der Waals surface area contributed by atoms with Crippen LogP contribution in [0, 0.1) is 0 Å². The summed E-state index contributed by atoms with van der Waals surface area (Å²) >= 11 is 3.60. The van der Waals surface area contributed by atoms with E-state index < -0.39 is 0 Å². The maximum Gasteiger partial charge on any atom is 0.191 e. The van der Waals surface area contributed by atoms with Gasteiger partial charge >= 0.3 is 0 Å². The molecule has 0 saturated heterocycles. The van der Waals surface area contributed by atoms with Crippen LogP contribution in [0.15, 0.2) is 56.5 Å². The topological polar surface area (TPSA) is 58.8 Å². The van der Waals surface area contributed by atoms with Crippen LogP contribution in [0.1, 0.15) is 24.3 Å². The number of nitrogens with zero attached hydrogens (tertiary/aromatic N) is 1. The number of guanidine groups is 1. The zero-order valence-electron chi connectivity index (χ0n) is 14.1. The Hall–Kier alpha value is -1.79. The maximum atomic E-state index is 5.35. The van der Waals surface area contributed by atoms with E-state index in [2.05, 4.69) is 44.5 Å². The fourth-order valence-electron chi connectivity index (χ4n) is 2.27. The van der Waals surface area contributed by atoms with Crippen molar-refractivity contribution in [1.82, 2.24) is 10.6 Å². The number of aliphatic imine (C=N–C) groups is 1. The zero-order valence-corrected chi connectivity index (χ0v) is 15.7. The first-order valence-electron chi connectivity index (χ1n) is 8.01. The predicted octanol–water partition coefficient (Wildman–Crippen LogP) is 3.53. The van der Waals surface area contributed by atoms with Crippen molar-refractivity contribution in [3.63, 3.8) is 0 Å². The number of methoxy groups -OCH3 is 1. The Morgan fingerprint density at radius 1 is 1.29 bits per heavy atom. The standard InChI is InChI=1S/C18H24BrN3O2/c1-14(16-7-3-4-8-17(16)19)22-18(21-11-13-23-2)20-10-9-15-6-5-12-24-15/h3-8,12,14H,9-11,13H2,1-2H3,(H2,20,21,22). The van der Waals surface area contributed by atoms with Crippen LogP contribution < -0.4 is 10.6 Å². The van der Waals surface area contributed by atoms with Gasteiger partial charge < -0.3 is 19.8 Å². The predicted molar refractivity (Wildman–Crippen MR) is 100 cm³/mol. The van der Waals surface area contributed by atoms with Gasteiger partial charge in [-0.25, -0.2) is 0 Å². The molecule has 2 N–H and O–H groups in total. The lowest BCUT2D eigenvalue weighted by Crippen LogP contribution is -2.40. The van der Waals surface area contributed by atoms with Crippen LogP contribution in [0.2, 0.25) is 0 Å². The first kappa shape index (κ1) is 18.5. The lowest BCUT2D eigenvalue weighted by Gasteiger charge is -2.19. The number of hydrogen-bond donors (Lipinski definition) is 2. The molecule has 1 unspecified atom stereocenters. The monoisotopic (exact) mass is 393 g/mol. The summed E-state index contributed by atoms with van der Waals surface area (Å²) in [6, 6.07) is 12.2. The minimum atomic E-state index is 0.123. The summed E-state index contributed by atoms with van der Waals surface area (Å²) < 4.78 is 11.5. The van der Waals surface area contributed by atoms with Gasteiger partial charge in [0.2, 0.25) is 0 Å². The maximum absolute atomic E-state index is 5.35. The summed E-state index contributed by atoms with van der Waals surface area (Å²) in [6.07, 6.45) is 2.50. The summed E-state index contributed by atoms with van der Waals surface area (Å²) in [7, 11) is 1.68. The summed E-state index contributed by atoms with van der Waals surface area (Å²) in [5.74, 6) is 1.72. The van der Waals surface area contributed by atoms with Gasteiger partial charge in [0.1, 0.15) is 5.76 Å². The molecular weight excluding hydrogens is 370 g/mol. The van der Waals surface area contributed by atoms with Gasteiger partial charge in [0, 0.05) is 24.5 Å². The number of ether oxygens (including phenoxy) is 1. The Bertz CT molecular complexity index is 629. The van der Waals surface area contributed by atoms with Gasteiger partial charge in [0.15, 0.2) is 5.96 Å². The van der Waals surface area contributed by atoms with E-state index in [1.807, 2.05) is 30.3 Å². The van der Waals surface area contributed by atoms with Crippen molar-refractivity contribution in [2.75, 3.05) is 26.8 Å². The number of rotatable bonds is 8. The zero-order chi connectivity index (χ0) is 17.2. The highest BCUT2D eigenvalue weighted by molar-refractivity contribution is 9.10. The lowest BCUT2D eigenvalue weighted by molar-refractivity contribution is 0.208. The minimum Gasteiger partial charge on any atom is -0.469 e. The summed E-state index contributed by atoms with van der Waals surface area (Å²) in [6.45, 7) is 4.05. The molecule has 1 atom stereocenters. The molecule has 2 aromatic rings. The highest BCUT2D eigenvalue weighted by Gasteiger charge is 2.10. The quantitative estimate of drug-likeness (QED) is 0.409. The third-order valence-corrected chi connectivity index (χ3v) is 4.26. The van der Waals surface area contributed by atoms with Crippen LogP contribution >= 0.6 is 15.9 Å². The van der Waals surface area contributed by atoms with Gasteiger partial charge in [0.05, 0.1) is 25.5 Å². The summed E-state index contributed by atoms with van der Waals surface area (Å²) in [5.41, 5.74) is 1.18. The smallest absolute Gasteiger partial charge is 0.191 e. The highest BCUT2D eigenvalue weighted by atomic mass is 79.9. The van der Waals surface area contributed by atoms with E-state index in [-0.39, 0.29) is 6.04 Å². The molecule has 0 aliphatic carbocycles. The van der Waals surface area contributed by atoms with E-state index in [9.17, 15) is 0 Å². The van der Waals surface area contributed by atoms with Gasteiger partial charge in [-0.15, -0.1) is 0 Å². The molecule has 1 heterocycles. The molecule has 0 amide bonds. The van der Waals surface area contributed by atoms with E-state index in [1.165, 1.54) is 5.56 Å². The van der Waals surface area contributed by atoms with Gasteiger partial charge in [0.25, 0.3) is 0 Å². The van der Waals surface area contributed by atoms with Crippen molar-refractivity contribution in [2.24, 2.45) is 4.99 Å². The van der Waals surface area contributed by atoms with Crippen LogP contribution in [0.3, 0.4) is 0 Å². The lowest BCUT2D eigenvalue weighted by atomic mass is 10.1. The van der Waals surface area contributed by atoms with E-state index >= 15 is 0 Å². The molecule has 1 aromatic heterocycles. The molecule has 2 rings (SSSR count). The average molecular weight is 394 g/mol. The molecule has 0 spiro atoms. The van der Waals surface area contributed by atoms with Crippen molar-refractivity contribution >= 4 is 21.9 Å². The second kappa shape index (κ2) is 10.2. The molecule has 130 valence electrons. The Balaban J connectivity index is 1.94.